The van der Waals surface area contributed by atoms with Gasteiger partial charge in [-0.3, -0.25) is 4.90 Å². The minimum Gasteiger partial charge on any atom is -0.390 e. The summed E-state index contributed by atoms with van der Waals surface area (Å²) in [7, 11) is -3.54. The zero-order valence-electron chi connectivity index (χ0n) is 14.7. The van der Waals surface area contributed by atoms with Crippen LogP contribution in [0.5, 0.6) is 0 Å². The van der Waals surface area contributed by atoms with Gasteiger partial charge in [0.25, 0.3) is 0 Å². The molecule has 2 aliphatic heterocycles. The van der Waals surface area contributed by atoms with Gasteiger partial charge in [0.05, 0.1) is 11.0 Å². The van der Waals surface area contributed by atoms with E-state index in [2.05, 4.69) is 23.1 Å². The lowest BCUT2D eigenvalue weighted by molar-refractivity contribution is 0.00199. The van der Waals surface area contributed by atoms with E-state index in [0.717, 1.165) is 19.5 Å². The van der Waals surface area contributed by atoms with Crippen LogP contribution < -0.4 is 0 Å². The highest BCUT2D eigenvalue weighted by Crippen LogP contribution is 2.27. The Morgan fingerprint density at radius 2 is 1.62 bits per heavy atom. The Morgan fingerprint density at radius 1 is 0.923 bits per heavy atom. The largest absolute Gasteiger partial charge is 0.390 e. The van der Waals surface area contributed by atoms with Crippen LogP contribution in [-0.2, 0) is 23.0 Å². The molecule has 138 valence electrons. The van der Waals surface area contributed by atoms with E-state index in [1.807, 2.05) is 6.07 Å². The third-order valence-corrected chi connectivity index (χ3v) is 7.40. The van der Waals surface area contributed by atoms with Crippen molar-refractivity contribution in [2.45, 2.75) is 36.4 Å². The lowest BCUT2D eigenvalue weighted by Gasteiger charge is -2.43. The van der Waals surface area contributed by atoms with E-state index in [1.54, 1.807) is 30.3 Å². The van der Waals surface area contributed by atoms with E-state index in [-0.39, 0.29) is 17.5 Å². The van der Waals surface area contributed by atoms with Gasteiger partial charge in [-0.15, -0.1) is 0 Å². The molecule has 0 unspecified atom stereocenters. The molecule has 0 spiro atoms. The minimum absolute atomic E-state index is 0.00517. The van der Waals surface area contributed by atoms with Crippen LogP contribution in [0.25, 0.3) is 0 Å². The van der Waals surface area contributed by atoms with Crippen molar-refractivity contribution >= 4 is 10.0 Å². The Hall–Kier alpha value is -1.73. The first-order valence-corrected chi connectivity index (χ1v) is 10.5. The van der Waals surface area contributed by atoms with E-state index in [0.29, 0.717) is 13.0 Å². The van der Waals surface area contributed by atoms with Crippen LogP contribution in [0.4, 0.5) is 0 Å². The van der Waals surface area contributed by atoms with Crippen molar-refractivity contribution in [2.75, 3.05) is 19.6 Å². The molecule has 1 N–H and O–H groups in total. The summed E-state index contributed by atoms with van der Waals surface area (Å²) in [5.74, 6) is 0. The first-order valence-electron chi connectivity index (χ1n) is 9.10. The highest BCUT2D eigenvalue weighted by Gasteiger charge is 2.37. The topological polar surface area (TPSA) is 60.9 Å². The zero-order valence-corrected chi connectivity index (χ0v) is 15.5. The summed E-state index contributed by atoms with van der Waals surface area (Å²) in [6.07, 6.45) is 0.952. The Labute approximate surface area is 154 Å². The average molecular weight is 372 g/mol. The molecular formula is C20H24N2O3S. The maximum Gasteiger partial charge on any atom is 0.243 e. The Kier molecular flexibility index (Phi) is 4.84. The van der Waals surface area contributed by atoms with Gasteiger partial charge in [-0.1, -0.05) is 42.5 Å². The smallest absolute Gasteiger partial charge is 0.243 e. The molecule has 2 aromatic carbocycles. The number of aliphatic hydroxyl groups excluding tert-OH is 1. The monoisotopic (exact) mass is 372 g/mol. The minimum atomic E-state index is -3.54. The fourth-order valence-corrected chi connectivity index (χ4v) is 5.57. The van der Waals surface area contributed by atoms with Crippen molar-refractivity contribution < 1.29 is 13.5 Å². The van der Waals surface area contributed by atoms with Crippen LogP contribution >= 0.6 is 0 Å². The Morgan fingerprint density at radius 3 is 2.35 bits per heavy atom. The summed E-state index contributed by atoms with van der Waals surface area (Å²) in [6, 6.07) is 16.9. The van der Waals surface area contributed by atoms with Gasteiger partial charge < -0.3 is 5.11 Å². The number of rotatable bonds is 3. The summed E-state index contributed by atoms with van der Waals surface area (Å²) in [5.41, 5.74) is 2.69. The maximum absolute atomic E-state index is 12.8. The SMILES string of the molecule is O=S(=O)(c1ccccc1)N1CC[C@@H](N2CCc3ccccc3C2)[C@H](O)C1. The molecule has 6 heteroatoms. The molecule has 1 fully saturated rings. The molecule has 1 saturated heterocycles. The van der Waals surface area contributed by atoms with E-state index in [4.69, 9.17) is 0 Å². The van der Waals surface area contributed by atoms with Gasteiger partial charge in [-0.2, -0.15) is 4.31 Å². The van der Waals surface area contributed by atoms with Crippen molar-refractivity contribution in [3.63, 3.8) is 0 Å². The predicted molar refractivity (Wildman–Crippen MR) is 100 cm³/mol. The van der Waals surface area contributed by atoms with E-state index in [9.17, 15) is 13.5 Å². The third kappa shape index (κ3) is 3.30. The van der Waals surface area contributed by atoms with Gasteiger partial charge in [0.1, 0.15) is 0 Å². The number of nitrogens with zero attached hydrogens (tertiary/aromatic N) is 2. The molecule has 0 bridgehead atoms. The molecule has 2 heterocycles. The summed E-state index contributed by atoms with van der Waals surface area (Å²) >= 11 is 0. The molecule has 0 radical (unpaired) electrons. The standard InChI is InChI=1S/C20H24N2O3S/c23-20-15-22(26(24,25)18-8-2-1-3-9-18)13-11-19(20)21-12-10-16-6-4-5-7-17(16)14-21/h1-9,19-20,23H,10-15H2/t19-,20-/m1/s1. The van der Waals surface area contributed by atoms with Crippen molar-refractivity contribution in [2.24, 2.45) is 0 Å². The lowest BCUT2D eigenvalue weighted by atomic mass is 9.95. The molecule has 0 aliphatic carbocycles. The number of piperidine rings is 1. The number of sulfonamides is 1. The van der Waals surface area contributed by atoms with Crippen LogP contribution in [0.1, 0.15) is 17.5 Å². The molecule has 2 aromatic rings. The highest BCUT2D eigenvalue weighted by atomic mass is 32.2. The van der Waals surface area contributed by atoms with Gasteiger partial charge in [-0.05, 0) is 36.1 Å². The van der Waals surface area contributed by atoms with Gasteiger partial charge in [0.2, 0.25) is 10.0 Å². The van der Waals surface area contributed by atoms with Crippen molar-refractivity contribution in [3.8, 4) is 0 Å². The van der Waals surface area contributed by atoms with Crippen LogP contribution in [0, 0.1) is 0 Å². The maximum atomic E-state index is 12.8. The van der Waals surface area contributed by atoms with Crippen LogP contribution in [-0.4, -0.2) is 54.5 Å². The van der Waals surface area contributed by atoms with Gasteiger partial charge in [0, 0.05) is 32.2 Å². The predicted octanol–water partition coefficient (Wildman–Crippen LogP) is 1.87. The van der Waals surface area contributed by atoms with Crippen molar-refractivity contribution in [1.82, 2.24) is 9.21 Å². The number of β-amino-alcohol motifs (C(OH)–C–C–N with tert-alkyl or cyclic N) is 1. The van der Waals surface area contributed by atoms with Crippen molar-refractivity contribution in [3.05, 3.63) is 65.7 Å². The quantitative estimate of drug-likeness (QED) is 0.894. The summed E-state index contributed by atoms with van der Waals surface area (Å²) < 4.78 is 27.0. The number of benzene rings is 2. The number of aliphatic hydroxyl groups is 1. The molecule has 2 aliphatic rings. The van der Waals surface area contributed by atoms with Gasteiger partial charge >= 0.3 is 0 Å². The average Bonchev–Trinajstić information content (AvgIpc) is 2.68. The van der Waals surface area contributed by atoms with Gasteiger partial charge in [-0.25, -0.2) is 8.42 Å². The van der Waals surface area contributed by atoms with E-state index >= 15 is 0 Å². The van der Waals surface area contributed by atoms with Crippen LogP contribution in [0.2, 0.25) is 0 Å². The second-order valence-corrected chi connectivity index (χ2v) is 9.03. The van der Waals surface area contributed by atoms with E-state index < -0.39 is 16.1 Å². The second kappa shape index (κ2) is 7.12. The second-order valence-electron chi connectivity index (χ2n) is 7.09. The Balaban J connectivity index is 1.46. The fourth-order valence-electron chi connectivity index (χ4n) is 4.08. The summed E-state index contributed by atoms with van der Waals surface area (Å²) in [4.78, 5) is 2.59. The fraction of sp³-hybridized carbons (Fsp3) is 0.400. The van der Waals surface area contributed by atoms with Gasteiger partial charge in [0.15, 0.2) is 0 Å². The third-order valence-electron chi connectivity index (χ3n) is 5.52. The number of hydrogen-bond acceptors (Lipinski definition) is 4. The number of hydrogen-bond donors (Lipinski definition) is 1. The molecule has 0 amide bonds. The van der Waals surface area contributed by atoms with Crippen molar-refractivity contribution in [1.29, 1.82) is 0 Å². The summed E-state index contributed by atoms with van der Waals surface area (Å²) in [6.45, 7) is 2.32. The van der Waals surface area contributed by atoms with E-state index in [1.165, 1.54) is 15.4 Å². The van der Waals surface area contributed by atoms with Crippen LogP contribution in [0.15, 0.2) is 59.5 Å². The molecule has 5 nitrogen and oxygen atoms in total. The zero-order chi connectivity index (χ0) is 18.1. The first kappa shape index (κ1) is 17.7. The first-order chi connectivity index (χ1) is 12.6. The lowest BCUT2D eigenvalue weighted by Crippen LogP contribution is -2.56. The highest BCUT2D eigenvalue weighted by molar-refractivity contribution is 7.89. The molecule has 4 rings (SSSR count). The number of fused-ring (bicyclic) bond motifs is 1. The molecule has 0 saturated carbocycles. The molecular weight excluding hydrogens is 348 g/mol. The van der Waals surface area contributed by atoms with Crippen LogP contribution in [0.3, 0.4) is 0 Å². The Bertz CT molecular complexity index is 870. The summed E-state index contributed by atoms with van der Waals surface area (Å²) in [5, 5.41) is 10.7. The molecule has 26 heavy (non-hydrogen) atoms. The molecule has 0 aromatic heterocycles. The molecule has 2 atom stereocenters. The normalized spacial score (nSPS) is 25.0.